The lowest BCUT2D eigenvalue weighted by Gasteiger charge is -2.42. The fourth-order valence-electron chi connectivity index (χ4n) is 8.19. The number of carbonyl (C=O) groups excluding carboxylic acids is 3. The van der Waals surface area contributed by atoms with Crippen LogP contribution in [0, 0.1) is 29.1 Å². The molecular weight excluding hydrogens is 598 g/mol. The minimum atomic E-state index is -1.67. The zero-order valence-electron chi connectivity index (χ0n) is 27.8. The Morgan fingerprint density at radius 3 is 1.98 bits per heavy atom. The van der Waals surface area contributed by atoms with E-state index in [4.69, 9.17) is 14.2 Å². The van der Waals surface area contributed by atoms with Crippen LogP contribution in [0.5, 0.6) is 0 Å². The standard InChI is InChI=1S/C38H51NO8/c1-37(2,24-40)34(42)35(43)39-21-20-32(41)45-25-46-38(29-14-8-4-9-15-29,30-16-10-5-11-17-30)36(44)47-31-22-27-18-19-28(23-31)33(27)26-12-6-3-7-13-26/h4-5,8-11,14-17,26-28,31,33-34,40,42H,3,6-7,12-13,18-25H2,1-2H3,(H,39,43)/t27?,28?,31?,33?,34-/m0/s1. The van der Waals surface area contributed by atoms with Gasteiger partial charge >= 0.3 is 11.9 Å². The first-order valence-electron chi connectivity index (χ1n) is 17.3. The summed E-state index contributed by atoms with van der Waals surface area (Å²) in [4.78, 5) is 39.4. The van der Waals surface area contributed by atoms with Gasteiger partial charge in [0.05, 0.1) is 13.0 Å². The molecule has 0 radical (unpaired) electrons. The number of benzene rings is 2. The van der Waals surface area contributed by atoms with Crippen molar-refractivity contribution in [1.82, 2.24) is 5.32 Å². The molecule has 3 N–H and O–H groups in total. The molecule has 0 saturated heterocycles. The Balaban J connectivity index is 1.27. The Kier molecular flexibility index (Phi) is 11.7. The Labute approximate surface area is 278 Å². The molecule has 3 atom stereocenters. The number of aliphatic hydroxyl groups is 2. The smallest absolute Gasteiger partial charge is 0.348 e. The van der Waals surface area contributed by atoms with E-state index >= 15 is 0 Å². The highest BCUT2D eigenvalue weighted by atomic mass is 16.7. The molecule has 0 aliphatic heterocycles. The number of hydrogen-bond donors (Lipinski definition) is 3. The van der Waals surface area contributed by atoms with Gasteiger partial charge in [-0.2, -0.15) is 0 Å². The van der Waals surface area contributed by atoms with Crippen molar-refractivity contribution in [2.75, 3.05) is 19.9 Å². The first-order chi connectivity index (χ1) is 22.7. The lowest BCUT2D eigenvalue weighted by atomic mass is 9.66. The molecule has 47 heavy (non-hydrogen) atoms. The molecule has 9 nitrogen and oxygen atoms in total. The maximum Gasteiger partial charge on any atom is 0.348 e. The molecule has 1 amide bonds. The minimum Gasteiger partial charge on any atom is -0.460 e. The number of nitrogens with one attached hydrogen (secondary N) is 1. The summed E-state index contributed by atoms with van der Waals surface area (Å²) in [6.45, 7) is 2.15. The van der Waals surface area contributed by atoms with Crippen LogP contribution in [0.2, 0.25) is 0 Å². The summed E-state index contributed by atoms with van der Waals surface area (Å²) in [7, 11) is 0. The van der Waals surface area contributed by atoms with E-state index in [1.165, 1.54) is 44.9 Å². The number of aliphatic hydroxyl groups excluding tert-OH is 2. The lowest BCUT2D eigenvalue weighted by Crippen LogP contribution is -2.46. The van der Waals surface area contributed by atoms with Crippen LogP contribution >= 0.6 is 0 Å². The normalized spacial score (nSPS) is 23.9. The van der Waals surface area contributed by atoms with Gasteiger partial charge in [-0.1, -0.05) is 107 Å². The highest BCUT2D eigenvalue weighted by Gasteiger charge is 2.50. The summed E-state index contributed by atoms with van der Waals surface area (Å²) in [6, 6.07) is 18.3. The van der Waals surface area contributed by atoms with E-state index in [9.17, 15) is 24.6 Å². The Hall–Kier alpha value is -3.27. The quantitative estimate of drug-likeness (QED) is 0.187. The molecule has 2 aromatic rings. The van der Waals surface area contributed by atoms with Crippen molar-refractivity contribution in [3.63, 3.8) is 0 Å². The van der Waals surface area contributed by atoms with E-state index in [0.717, 1.165) is 24.7 Å². The van der Waals surface area contributed by atoms with E-state index in [-0.39, 0.29) is 25.7 Å². The van der Waals surface area contributed by atoms with E-state index < -0.39 is 41.8 Å². The maximum atomic E-state index is 14.5. The van der Waals surface area contributed by atoms with Gasteiger partial charge in [-0.25, -0.2) is 4.79 Å². The second kappa shape index (κ2) is 15.8. The van der Waals surface area contributed by atoms with Gasteiger partial charge in [0.2, 0.25) is 11.5 Å². The Bertz CT molecular complexity index is 1270. The molecule has 0 spiro atoms. The van der Waals surface area contributed by atoms with Crippen molar-refractivity contribution in [2.24, 2.45) is 29.1 Å². The van der Waals surface area contributed by atoms with Crippen LogP contribution in [0.3, 0.4) is 0 Å². The Morgan fingerprint density at radius 2 is 1.43 bits per heavy atom. The summed E-state index contributed by atoms with van der Waals surface area (Å²) in [5, 5.41) is 22.1. The molecule has 3 saturated carbocycles. The van der Waals surface area contributed by atoms with Crippen LogP contribution in [0.4, 0.5) is 0 Å². The zero-order valence-corrected chi connectivity index (χ0v) is 27.8. The predicted octanol–water partition coefficient (Wildman–Crippen LogP) is 5.26. The summed E-state index contributed by atoms with van der Waals surface area (Å²) >= 11 is 0. The lowest BCUT2D eigenvalue weighted by molar-refractivity contribution is -0.196. The molecule has 3 aliphatic rings. The molecule has 9 heteroatoms. The monoisotopic (exact) mass is 649 g/mol. The molecule has 5 rings (SSSR count). The zero-order chi connectivity index (χ0) is 33.4. The van der Waals surface area contributed by atoms with Crippen LogP contribution < -0.4 is 5.32 Å². The van der Waals surface area contributed by atoms with Crippen LogP contribution in [0.15, 0.2) is 60.7 Å². The fraction of sp³-hybridized carbons (Fsp3) is 0.605. The largest absolute Gasteiger partial charge is 0.460 e. The van der Waals surface area contributed by atoms with Gasteiger partial charge in [-0.15, -0.1) is 0 Å². The van der Waals surface area contributed by atoms with Gasteiger partial charge in [0.15, 0.2) is 6.79 Å². The van der Waals surface area contributed by atoms with Crippen LogP contribution in [-0.2, 0) is 34.2 Å². The average molecular weight is 650 g/mol. The summed E-state index contributed by atoms with van der Waals surface area (Å²) < 4.78 is 18.1. The number of amides is 1. The highest BCUT2D eigenvalue weighted by molar-refractivity contribution is 5.86. The average Bonchev–Trinajstić information content (AvgIpc) is 3.37. The number of carbonyl (C=O) groups is 3. The molecular formula is C38H51NO8. The SMILES string of the molecule is CC(C)(CO)[C@@H](O)C(=O)NCCC(=O)OCOC(C(=O)OC1CC2CCC(C1)C2C1CCCCC1)(c1ccccc1)c1ccccc1. The Morgan fingerprint density at radius 1 is 0.851 bits per heavy atom. The number of ether oxygens (including phenoxy) is 3. The van der Waals surface area contributed by atoms with Crippen LogP contribution in [0.25, 0.3) is 0 Å². The van der Waals surface area contributed by atoms with E-state index in [1.807, 2.05) is 60.7 Å². The molecule has 0 aromatic heterocycles. The van der Waals surface area contributed by atoms with Gasteiger partial charge in [0, 0.05) is 12.0 Å². The third-order valence-corrected chi connectivity index (χ3v) is 10.8. The molecule has 3 aliphatic carbocycles. The van der Waals surface area contributed by atoms with E-state index in [1.54, 1.807) is 13.8 Å². The van der Waals surface area contributed by atoms with Crippen molar-refractivity contribution in [2.45, 2.75) is 95.9 Å². The minimum absolute atomic E-state index is 0.0767. The highest BCUT2D eigenvalue weighted by Crippen LogP contribution is 2.54. The molecule has 2 bridgehead atoms. The predicted molar refractivity (Wildman–Crippen MR) is 176 cm³/mol. The molecule has 2 unspecified atom stereocenters. The van der Waals surface area contributed by atoms with Crippen LogP contribution in [0.1, 0.15) is 89.2 Å². The van der Waals surface area contributed by atoms with E-state index in [2.05, 4.69) is 5.32 Å². The maximum absolute atomic E-state index is 14.5. The summed E-state index contributed by atoms with van der Waals surface area (Å²) in [5.74, 6) is 0.828. The molecule has 2 aromatic carbocycles. The van der Waals surface area contributed by atoms with Gasteiger partial charge < -0.3 is 29.7 Å². The van der Waals surface area contributed by atoms with Gasteiger partial charge in [0.25, 0.3) is 0 Å². The number of fused-ring (bicyclic) bond motifs is 2. The van der Waals surface area contributed by atoms with Crippen molar-refractivity contribution in [3.8, 4) is 0 Å². The van der Waals surface area contributed by atoms with Gasteiger partial charge in [0.1, 0.15) is 12.2 Å². The van der Waals surface area contributed by atoms with Crippen molar-refractivity contribution < 1.29 is 38.8 Å². The van der Waals surface area contributed by atoms with Crippen molar-refractivity contribution >= 4 is 17.8 Å². The summed E-state index contributed by atoms with van der Waals surface area (Å²) in [6.07, 6.45) is 8.99. The van der Waals surface area contributed by atoms with Gasteiger partial charge in [-0.05, 0) is 60.5 Å². The number of esters is 2. The first kappa shape index (κ1) is 35.0. The third-order valence-electron chi connectivity index (χ3n) is 10.8. The van der Waals surface area contributed by atoms with E-state index in [0.29, 0.717) is 23.0 Å². The first-order valence-corrected chi connectivity index (χ1v) is 17.3. The third kappa shape index (κ3) is 8.07. The molecule has 3 fully saturated rings. The molecule has 256 valence electrons. The number of rotatable bonds is 14. The van der Waals surface area contributed by atoms with Crippen molar-refractivity contribution in [3.05, 3.63) is 71.8 Å². The second-order valence-corrected chi connectivity index (χ2v) is 14.4. The topological polar surface area (TPSA) is 131 Å². The second-order valence-electron chi connectivity index (χ2n) is 14.4. The number of hydrogen-bond acceptors (Lipinski definition) is 8. The van der Waals surface area contributed by atoms with Crippen molar-refractivity contribution in [1.29, 1.82) is 0 Å². The molecule has 0 heterocycles. The van der Waals surface area contributed by atoms with Crippen LogP contribution in [-0.4, -0.2) is 60.2 Å². The fourth-order valence-corrected chi connectivity index (χ4v) is 8.19. The van der Waals surface area contributed by atoms with Gasteiger partial charge in [-0.3, -0.25) is 9.59 Å². The summed E-state index contributed by atoms with van der Waals surface area (Å²) in [5.41, 5.74) is -1.56.